The van der Waals surface area contributed by atoms with Gasteiger partial charge in [-0.2, -0.15) is 0 Å². The predicted molar refractivity (Wildman–Crippen MR) is 128 cm³/mol. The van der Waals surface area contributed by atoms with E-state index in [1.165, 1.54) is 0 Å². The molecule has 0 radical (unpaired) electrons. The summed E-state index contributed by atoms with van der Waals surface area (Å²) in [6, 6.07) is 0. The number of hydrogen-bond acceptors (Lipinski definition) is 3. The van der Waals surface area contributed by atoms with Crippen molar-refractivity contribution >= 4 is 53.3 Å². The molecule has 0 aliphatic rings. The zero-order valence-electron chi connectivity index (χ0n) is 19.5. The summed E-state index contributed by atoms with van der Waals surface area (Å²) in [6.45, 7) is 11.3. The molecule has 164 valence electrons. The van der Waals surface area contributed by atoms with Gasteiger partial charge in [0.15, 0.2) is 0 Å². The quantitative estimate of drug-likeness (QED) is 0.265. The Bertz CT molecular complexity index is 400. The Morgan fingerprint density at radius 2 is 0.793 bits per heavy atom. The van der Waals surface area contributed by atoms with Gasteiger partial charge in [0.05, 0.1) is 0 Å². The monoisotopic (exact) mass is 416 g/mol. The van der Waals surface area contributed by atoms with E-state index in [9.17, 15) is 14.4 Å². The van der Waals surface area contributed by atoms with Gasteiger partial charge in [0.2, 0.25) is 0 Å². The summed E-state index contributed by atoms with van der Waals surface area (Å²) in [6.07, 6.45) is 10.5. The van der Waals surface area contributed by atoms with Gasteiger partial charge < -0.3 is 14.4 Å². The molecule has 0 rings (SSSR count). The maximum absolute atomic E-state index is 13.4. The minimum absolute atomic E-state index is 0. The zero-order valence-corrected chi connectivity index (χ0v) is 19.5. The van der Waals surface area contributed by atoms with Crippen molar-refractivity contribution in [3.8, 4) is 0 Å². The molecule has 3 unspecified atom stereocenters. The second-order valence-electron chi connectivity index (χ2n) is 8.38. The molecule has 0 aromatic carbocycles. The van der Waals surface area contributed by atoms with E-state index in [-0.39, 0.29) is 64.4 Å². The average Bonchev–Trinajstić information content (AvgIpc) is 2.70. The Balaban J connectivity index is 0. The molecule has 0 aliphatic heterocycles. The van der Waals surface area contributed by atoms with Crippen LogP contribution in [0.4, 0.5) is 0 Å². The third kappa shape index (κ3) is 10.8. The summed E-state index contributed by atoms with van der Waals surface area (Å²) >= 11 is 0. The minimum atomic E-state index is -1.02. The first-order chi connectivity index (χ1) is 13.4. The van der Waals surface area contributed by atoms with E-state index in [4.69, 9.17) is 0 Å². The summed E-state index contributed by atoms with van der Waals surface area (Å²) in [5.41, 5.74) is -0.262. The van der Waals surface area contributed by atoms with Gasteiger partial charge in [-0.25, -0.2) is 0 Å². The molecule has 0 fully saturated rings. The van der Waals surface area contributed by atoms with E-state index in [2.05, 4.69) is 20.8 Å². The van der Waals surface area contributed by atoms with Crippen LogP contribution in [0.5, 0.6) is 0 Å². The molecule has 0 heterocycles. The van der Waals surface area contributed by atoms with Crippen molar-refractivity contribution in [2.24, 2.45) is 17.8 Å². The first kappa shape index (κ1) is 31.3. The predicted octanol–water partition coefficient (Wildman–Crippen LogP) is 5.81. The third-order valence-electron chi connectivity index (χ3n) is 6.26. The molecule has 0 bridgehead atoms. The second kappa shape index (κ2) is 18.8. The normalized spacial score (nSPS) is 13.9. The van der Waals surface area contributed by atoms with Gasteiger partial charge in [-0.1, -0.05) is 80.1 Å². The van der Waals surface area contributed by atoms with Gasteiger partial charge in [0.1, 0.15) is 17.0 Å². The van der Waals surface area contributed by atoms with Crippen LogP contribution in [0, 0.1) is 17.8 Å². The van der Waals surface area contributed by atoms with Crippen LogP contribution in [0.2, 0.25) is 0 Å². The second-order valence-corrected chi connectivity index (χ2v) is 8.38. The molecule has 0 aromatic heterocycles. The Morgan fingerprint density at radius 3 is 0.966 bits per heavy atom. The number of hydrogen-bond donors (Lipinski definition) is 0. The number of unbranched alkanes of at least 4 members (excludes halogenated alkanes) is 3. The summed E-state index contributed by atoms with van der Waals surface area (Å²) < 4.78 is 0. The van der Waals surface area contributed by atoms with Gasteiger partial charge in [-0.3, -0.25) is 0 Å². The Morgan fingerprint density at radius 1 is 0.552 bits per heavy atom. The van der Waals surface area contributed by atoms with E-state index in [0.29, 0.717) is 19.3 Å². The first-order valence-corrected chi connectivity index (χ1v) is 12.0. The van der Waals surface area contributed by atoms with Gasteiger partial charge in [0, 0.05) is 17.8 Å². The van der Waals surface area contributed by atoms with Gasteiger partial charge in [-0.05, 0) is 38.5 Å². The van der Waals surface area contributed by atoms with Crippen molar-refractivity contribution in [3.05, 3.63) is 0 Å². The van der Waals surface area contributed by atoms with Crippen LogP contribution in [0.25, 0.3) is 0 Å². The number of carbonyl (C=O) groups excluding carboxylic acids is 3. The fraction of sp³-hybridized carbons (Fsp3) is 0.875. The molecular weight excluding hydrogens is 370 g/mol. The summed E-state index contributed by atoms with van der Waals surface area (Å²) in [7, 11) is 0. The zero-order chi connectivity index (χ0) is 21.5. The standard InChI is InChI=1S/C24H45BO3.Na.H/c1-7-13-16-19(10-4)22(26)25(23(27)20(11-5)17-14-8-2)24(28)21(12-6)18-15-9-3;;/h19-21H,7-18H2,1-6H3;;. The summed E-state index contributed by atoms with van der Waals surface area (Å²) in [5, 5.41) is 0. The fourth-order valence-electron chi connectivity index (χ4n) is 4.12. The Labute approximate surface area is 203 Å². The molecule has 29 heavy (non-hydrogen) atoms. The van der Waals surface area contributed by atoms with Crippen LogP contribution in [0.1, 0.15) is 119 Å². The van der Waals surface area contributed by atoms with E-state index in [1.54, 1.807) is 0 Å². The summed E-state index contributed by atoms with van der Waals surface area (Å²) in [4.78, 5) is 40.2. The van der Waals surface area contributed by atoms with Gasteiger partial charge >= 0.3 is 36.3 Å². The van der Waals surface area contributed by atoms with Crippen LogP contribution in [-0.4, -0.2) is 53.3 Å². The van der Waals surface area contributed by atoms with Crippen molar-refractivity contribution in [1.82, 2.24) is 0 Å². The molecular formula is C24H46BNaO3. The van der Waals surface area contributed by atoms with Crippen molar-refractivity contribution in [3.63, 3.8) is 0 Å². The molecule has 0 saturated carbocycles. The fourth-order valence-corrected chi connectivity index (χ4v) is 4.12. The van der Waals surface area contributed by atoms with E-state index in [0.717, 1.165) is 57.8 Å². The molecule has 5 heteroatoms. The molecule has 0 N–H and O–H groups in total. The SMILES string of the molecule is CCCCC(CC)C(=O)B(C(=O)C(CC)CCCC)C(=O)C(CC)CCCC.[NaH]. The van der Waals surface area contributed by atoms with E-state index in [1.807, 2.05) is 20.8 Å². The molecule has 0 amide bonds. The first-order valence-electron chi connectivity index (χ1n) is 12.0. The van der Waals surface area contributed by atoms with Gasteiger partial charge in [0.25, 0.3) is 0 Å². The average molecular weight is 416 g/mol. The van der Waals surface area contributed by atoms with Crippen LogP contribution in [-0.2, 0) is 14.4 Å². The molecule has 3 nitrogen and oxygen atoms in total. The van der Waals surface area contributed by atoms with Crippen LogP contribution < -0.4 is 0 Å². The van der Waals surface area contributed by atoms with Crippen LogP contribution in [0.15, 0.2) is 0 Å². The van der Waals surface area contributed by atoms with Crippen molar-refractivity contribution in [1.29, 1.82) is 0 Å². The van der Waals surface area contributed by atoms with Crippen LogP contribution >= 0.6 is 0 Å². The maximum atomic E-state index is 13.4. The van der Waals surface area contributed by atoms with Crippen molar-refractivity contribution in [2.75, 3.05) is 0 Å². The molecule has 0 aromatic rings. The van der Waals surface area contributed by atoms with Crippen molar-refractivity contribution in [2.45, 2.75) is 119 Å². The van der Waals surface area contributed by atoms with Gasteiger partial charge in [-0.15, -0.1) is 0 Å². The molecule has 3 atom stereocenters. The molecule has 0 saturated heterocycles. The number of rotatable bonds is 18. The Hall–Kier alpha value is 0.0749. The topological polar surface area (TPSA) is 51.2 Å². The summed E-state index contributed by atoms with van der Waals surface area (Å²) in [5.74, 6) is -0.486. The molecule has 0 spiro atoms. The third-order valence-corrected chi connectivity index (χ3v) is 6.26. The number of carbonyl (C=O) groups is 3. The van der Waals surface area contributed by atoms with Crippen LogP contribution in [0.3, 0.4) is 0 Å². The van der Waals surface area contributed by atoms with E-state index < -0.39 is 6.71 Å². The van der Waals surface area contributed by atoms with E-state index >= 15 is 0 Å². The molecule has 0 aliphatic carbocycles. The Kier molecular flexibility index (Phi) is 20.3. The van der Waals surface area contributed by atoms with Crippen molar-refractivity contribution < 1.29 is 14.4 Å².